The second kappa shape index (κ2) is 9.79. The van der Waals surface area contributed by atoms with Gasteiger partial charge >= 0.3 is 0 Å². The van der Waals surface area contributed by atoms with Crippen molar-refractivity contribution in [3.8, 4) is 11.3 Å². The fourth-order valence-corrected chi connectivity index (χ4v) is 5.30. The number of carbonyl (C=O) groups excluding carboxylic acids is 1. The van der Waals surface area contributed by atoms with Crippen molar-refractivity contribution in [3.05, 3.63) is 57.5 Å². The molecule has 1 fully saturated rings. The number of aromatic amines is 1. The topological polar surface area (TPSA) is 61.3 Å². The first kappa shape index (κ1) is 24.3. The number of pyridine rings is 1. The van der Waals surface area contributed by atoms with Crippen LogP contribution in [0.3, 0.4) is 0 Å². The van der Waals surface area contributed by atoms with Crippen LogP contribution < -0.4 is 5.56 Å². The average Bonchev–Trinajstić information content (AvgIpc) is 3.19. The zero-order valence-electron chi connectivity index (χ0n) is 21.4. The van der Waals surface area contributed by atoms with Crippen molar-refractivity contribution in [1.82, 2.24) is 19.4 Å². The molecule has 0 atom stereocenters. The van der Waals surface area contributed by atoms with E-state index in [9.17, 15) is 9.59 Å². The van der Waals surface area contributed by atoms with Gasteiger partial charge in [-0.1, -0.05) is 19.9 Å². The van der Waals surface area contributed by atoms with Gasteiger partial charge in [-0.05, 0) is 81.9 Å². The van der Waals surface area contributed by atoms with Crippen molar-refractivity contribution < 1.29 is 4.79 Å². The Balaban J connectivity index is 1.66. The quantitative estimate of drug-likeness (QED) is 0.577. The zero-order chi connectivity index (χ0) is 24.6. The second-order valence-electron chi connectivity index (χ2n) is 10.3. The van der Waals surface area contributed by atoms with Crippen molar-refractivity contribution >= 4 is 16.8 Å². The number of fused-ring (bicyclic) bond motifs is 1. The van der Waals surface area contributed by atoms with Crippen molar-refractivity contribution in [2.24, 2.45) is 0 Å². The molecule has 1 N–H and O–H groups in total. The van der Waals surface area contributed by atoms with E-state index < -0.39 is 0 Å². The number of aryl methyl sites for hydroxylation is 2. The van der Waals surface area contributed by atoms with E-state index in [-0.39, 0.29) is 11.5 Å². The maximum absolute atomic E-state index is 12.4. The molecule has 0 aliphatic carbocycles. The highest BCUT2D eigenvalue weighted by molar-refractivity contribution is 5.92. The van der Waals surface area contributed by atoms with Crippen LogP contribution in [0.2, 0.25) is 0 Å². The molecule has 1 aliphatic heterocycles. The molecule has 4 rings (SSSR count). The van der Waals surface area contributed by atoms with Crippen LogP contribution in [0.5, 0.6) is 0 Å². The van der Waals surface area contributed by atoms with E-state index in [0.717, 1.165) is 48.3 Å². The van der Waals surface area contributed by atoms with Gasteiger partial charge in [0.15, 0.2) is 0 Å². The first-order valence-corrected chi connectivity index (χ1v) is 12.5. The molecule has 2 aromatic heterocycles. The standard InChI is InChI=1S/C28H38N4O2/c1-7-31-16-22(14-19(4)28(31)34)27-26(18(2)3)23-15-21(8-9-24(23)29-27)20-10-12-32(13-11-20)25(33)17-30(5)6/h8-9,14-16,18,20,29H,7,10-13,17H2,1-6H3. The minimum absolute atomic E-state index is 0.0751. The molecular weight excluding hydrogens is 424 g/mol. The van der Waals surface area contributed by atoms with E-state index >= 15 is 0 Å². The number of hydrogen-bond acceptors (Lipinski definition) is 3. The number of nitrogens with zero attached hydrogens (tertiary/aromatic N) is 3. The third kappa shape index (κ3) is 4.69. The summed E-state index contributed by atoms with van der Waals surface area (Å²) in [4.78, 5) is 32.5. The lowest BCUT2D eigenvalue weighted by atomic mass is 9.87. The molecule has 0 radical (unpaired) electrons. The third-order valence-corrected chi connectivity index (χ3v) is 7.11. The number of carbonyl (C=O) groups is 1. The largest absolute Gasteiger partial charge is 0.354 e. The van der Waals surface area contributed by atoms with Crippen LogP contribution >= 0.6 is 0 Å². The molecule has 1 aliphatic rings. The van der Waals surface area contributed by atoms with Crippen LogP contribution in [-0.2, 0) is 11.3 Å². The van der Waals surface area contributed by atoms with Gasteiger partial charge in [-0.2, -0.15) is 0 Å². The molecule has 0 unspecified atom stereocenters. The molecule has 6 heteroatoms. The van der Waals surface area contributed by atoms with Gasteiger partial charge in [-0.3, -0.25) is 9.59 Å². The van der Waals surface area contributed by atoms with Crippen LogP contribution in [0.4, 0.5) is 0 Å². The molecule has 182 valence electrons. The lowest BCUT2D eigenvalue weighted by Gasteiger charge is -2.33. The van der Waals surface area contributed by atoms with Crippen molar-refractivity contribution in [2.75, 3.05) is 33.7 Å². The molecule has 34 heavy (non-hydrogen) atoms. The monoisotopic (exact) mass is 462 g/mol. The summed E-state index contributed by atoms with van der Waals surface area (Å²) in [6.45, 7) is 11.1. The SMILES string of the molecule is CCn1cc(-c2[nH]c3ccc(C4CCN(C(=O)CN(C)C)CC4)cc3c2C(C)C)cc(C)c1=O. The predicted octanol–water partition coefficient (Wildman–Crippen LogP) is 4.72. The van der Waals surface area contributed by atoms with E-state index in [1.807, 2.05) is 50.0 Å². The molecular formula is C28H38N4O2. The number of rotatable bonds is 6. The summed E-state index contributed by atoms with van der Waals surface area (Å²) in [5.41, 5.74) is 6.80. The number of benzene rings is 1. The predicted molar refractivity (Wildman–Crippen MR) is 140 cm³/mol. The molecule has 0 saturated carbocycles. The third-order valence-electron chi connectivity index (χ3n) is 7.11. The molecule has 1 amide bonds. The Bertz CT molecular complexity index is 1240. The number of amides is 1. The van der Waals surface area contributed by atoms with E-state index in [4.69, 9.17) is 0 Å². The van der Waals surface area contributed by atoms with Gasteiger partial charge in [0.1, 0.15) is 0 Å². The summed E-state index contributed by atoms with van der Waals surface area (Å²) in [5, 5.41) is 1.26. The Morgan fingerprint density at radius 2 is 1.88 bits per heavy atom. The summed E-state index contributed by atoms with van der Waals surface area (Å²) in [6, 6.07) is 8.81. The van der Waals surface area contributed by atoms with Crippen LogP contribution in [0.1, 0.15) is 62.1 Å². The van der Waals surface area contributed by atoms with Gasteiger partial charge in [0.2, 0.25) is 5.91 Å². The number of likely N-dealkylation sites (tertiary alicyclic amines) is 1. The number of likely N-dealkylation sites (N-methyl/N-ethyl adjacent to an activating group) is 1. The lowest BCUT2D eigenvalue weighted by Crippen LogP contribution is -2.42. The second-order valence-corrected chi connectivity index (χ2v) is 10.3. The van der Waals surface area contributed by atoms with E-state index in [1.54, 1.807) is 4.57 Å². The van der Waals surface area contributed by atoms with Gasteiger partial charge in [-0.25, -0.2) is 0 Å². The van der Waals surface area contributed by atoms with Crippen molar-refractivity contribution in [1.29, 1.82) is 0 Å². The maximum atomic E-state index is 12.4. The molecule has 1 aromatic carbocycles. The van der Waals surface area contributed by atoms with Gasteiger partial charge in [0, 0.05) is 47.9 Å². The first-order valence-electron chi connectivity index (χ1n) is 12.5. The highest BCUT2D eigenvalue weighted by Gasteiger charge is 2.25. The van der Waals surface area contributed by atoms with Gasteiger partial charge in [0.05, 0.1) is 12.2 Å². The Hall–Kier alpha value is -2.86. The van der Waals surface area contributed by atoms with Crippen LogP contribution in [0.15, 0.2) is 35.3 Å². The van der Waals surface area contributed by atoms with E-state index in [0.29, 0.717) is 24.9 Å². The maximum Gasteiger partial charge on any atom is 0.253 e. The summed E-state index contributed by atoms with van der Waals surface area (Å²) in [5.74, 6) is 1.03. The Labute approximate surface area is 202 Å². The van der Waals surface area contributed by atoms with Crippen LogP contribution in [0, 0.1) is 6.92 Å². The first-order chi connectivity index (χ1) is 16.2. The number of H-pyrrole nitrogens is 1. The minimum atomic E-state index is 0.0751. The lowest BCUT2D eigenvalue weighted by molar-refractivity contribution is -0.132. The van der Waals surface area contributed by atoms with Crippen LogP contribution in [-0.4, -0.2) is 59.0 Å². The summed E-state index contributed by atoms with van der Waals surface area (Å²) in [6.07, 6.45) is 3.98. The Morgan fingerprint density at radius 3 is 2.50 bits per heavy atom. The zero-order valence-corrected chi connectivity index (χ0v) is 21.4. The Kier molecular flexibility index (Phi) is 6.99. The minimum Gasteiger partial charge on any atom is -0.354 e. The molecule has 3 heterocycles. The fraction of sp³-hybridized carbons (Fsp3) is 0.500. The number of piperidine rings is 1. The smallest absolute Gasteiger partial charge is 0.253 e. The van der Waals surface area contributed by atoms with E-state index in [1.165, 1.54) is 16.5 Å². The summed E-state index contributed by atoms with van der Waals surface area (Å²) < 4.78 is 1.79. The Morgan fingerprint density at radius 1 is 1.18 bits per heavy atom. The molecule has 1 saturated heterocycles. The number of nitrogens with one attached hydrogen (secondary N) is 1. The fourth-order valence-electron chi connectivity index (χ4n) is 5.30. The summed E-state index contributed by atoms with van der Waals surface area (Å²) in [7, 11) is 3.88. The highest BCUT2D eigenvalue weighted by atomic mass is 16.2. The number of aromatic nitrogens is 2. The normalized spacial score (nSPS) is 15.1. The summed E-state index contributed by atoms with van der Waals surface area (Å²) >= 11 is 0. The highest BCUT2D eigenvalue weighted by Crippen LogP contribution is 2.38. The molecule has 6 nitrogen and oxygen atoms in total. The number of hydrogen-bond donors (Lipinski definition) is 1. The van der Waals surface area contributed by atoms with Crippen LogP contribution in [0.25, 0.3) is 22.2 Å². The van der Waals surface area contributed by atoms with Gasteiger partial charge in [-0.15, -0.1) is 0 Å². The van der Waals surface area contributed by atoms with Gasteiger partial charge < -0.3 is 19.4 Å². The van der Waals surface area contributed by atoms with E-state index in [2.05, 4.69) is 37.0 Å². The van der Waals surface area contributed by atoms with Crippen molar-refractivity contribution in [3.63, 3.8) is 0 Å². The molecule has 3 aromatic rings. The molecule has 0 bridgehead atoms. The average molecular weight is 463 g/mol. The molecule has 0 spiro atoms. The van der Waals surface area contributed by atoms with Gasteiger partial charge in [0.25, 0.3) is 5.56 Å². The van der Waals surface area contributed by atoms with Crippen molar-refractivity contribution in [2.45, 2.75) is 58.9 Å².